The number of carbonyl (C=O) groups is 4. The number of ether oxygens (including phenoxy) is 13. The lowest BCUT2D eigenvalue weighted by Gasteiger charge is -2.16. The van der Waals surface area contributed by atoms with E-state index >= 15 is 0 Å². The van der Waals surface area contributed by atoms with Crippen molar-refractivity contribution in [3.63, 3.8) is 0 Å². The normalized spacial score (nSPS) is 16.6. The number of unbranched alkanes of at least 4 members (excludes halogenated alkanes) is 1. The van der Waals surface area contributed by atoms with Crippen LogP contribution in [0.3, 0.4) is 0 Å². The van der Waals surface area contributed by atoms with E-state index in [0.29, 0.717) is 189 Å². The molecule has 0 aliphatic carbocycles. The van der Waals surface area contributed by atoms with Crippen molar-refractivity contribution in [1.29, 1.82) is 0 Å². The number of carbonyl (C=O) groups excluding carboxylic acids is 3. The van der Waals surface area contributed by atoms with Gasteiger partial charge >= 0.3 is 12.0 Å². The molecule has 7 N–H and O–H groups in total. The Morgan fingerprint density at radius 1 is 0.556 bits per heavy atom. The maximum absolute atomic E-state index is 12.1. The molecule has 0 spiro atoms. The summed E-state index contributed by atoms with van der Waals surface area (Å²) in [4.78, 5) is 46.4. The van der Waals surface area contributed by atoms with Gasteiger partial charge in [-0.1, -0.05) is 18.6 Å². The van der Waals surface area contributed by atoms with Crippen LogP contribution in [0.5, 0.6) is 5.75 Å². The summed E-state index contributed by atoms with van der Waals surface area (Å²) in [6.07, 6.45) is 3.76. The molecule has 3 rings (SSSR count). The molecule has 2 heterocycles. The highest BCUT2D eigenvalue weighted by Crippen LogP contribution is 2.33. The van der Waals surface area contributed by atoms with Crippen LogP contribution in [0.25, 0.3) is 0 Å². The summed E-state index contributed by atoms with van der Waals surface area (Å²) in [5.74, 6) is 0.417. The van der Waals surface area contributed by atoms with E-state index in [1.54, 1.807) is 24.3 Å². The Labute approximate surface area is 428 Å². The molecule has 4 amide bonds. The number of carboxylic acids is 1. The monoisotopic (exact) mass is 1050 g/mol. The predicted molar refractivity (Wildman–Crippen MR) is 266 cm³/mol. The second kappa shape index (κ2) is 43.9. The van der Waals surface area contributed by atoms with Crippen molar-refractivity contribution in [3.8, 4) is 5.75 Å². The molecular weight excluding hydrogens is 967 g/mol. The number of hydrogen-bond donors (Lipinski definition) is 6. The van der Waals surface area contributed by atoms with Crippen molar-refractivity contribution < 1.29 is 85.9 Å². The summed E-state index contributed by atoms with van der Waals surface area (Å²) in [5, 5.41) is 21.0. The third-order valence-corrected chi connectivity index (χ3v) is 12.1. The van der Waals surface area contributed by atoms with E-state index in [2.05, 4.69) is 21.3 Å². The van der Waals surface area contributed by atoms with E-state index in [4.69, 9.17) is 72.4 Å². The van der Waals surface area contributed by atoms with Crippen LogP contribution < -0.4 is 31.7 Å². The zero-order valence-electron chi connectivity index (χ0n) is 42.0. The summed E-state index contributed by atoms with van der Waals surface area (Å²) in [5.41, 5.74) is 6.35. The van der Waals surface area contributed by atoms with Gasteiger partial charge in [0.25, 0.3) is 0 Å². The highest BCUT2D eigenvalue weighted by atomic mass is 32.2. The molecule has 0 aromatic heterocycles. The lowest BCUT2D eigenvalue weighted by molar-refractivity contribution is -0.138. The van der Waals surface area contributed by atoms with Crippen LogP contribution in [0.4, 0.5) is 4.79 Å². The molecule has 0 bridgehead atoms. The Hall–Kier alpha value is -3.47. The zero-order chi connectivity index (χ0) is 51.4. The molecule has 4 atom stereocenters. The second-order valence-corrected chi connectivity index (χ2v) is 17.6. The predicted octanol–water partition coefficient (Wildman–Crippen LogP) is 0.567. The molecule has 0 radical (unpaired) electrons. The molecule has 414 valence electrons. The summed E-state index contributed by atoms with van der Waals surface area (Å²) in [6.45, 7) is 11.8. The molecule has 1 aromatic rings. The average molecular weight is 1050 g/mol. The number of rotatable bonds is 51. The molecule has 0 saturated carbocycles. The lowest BCUT2D eigenvalue weighted by Crippen LogP contribution is -2.36. The number of aliphatic carboxylic acids is 1. The van der Waals surface area contributed by atoms with E-state index in [-0.39, 0.29) is 49.4 Å². The van der Waals surface area contributed by atoms with Gasteiger partial charge in [0.15, 0.2) is 0 Å². The number of nitrogens with one attached hydrogen (secondary N) is 4. The van der Waals surface area contributed by atoms with Crippen molar-refractivity contribution in [2.45, 2.75) is 61.9 Å². The van der Waals surface area contributed by atoms with Crippen LogP contribution >= 0.6 is 11.8 Å². The first-order valence-corrected chi connectivity index (χ1v) is 26.2. The van der Waals surface area contributed by atoms with Gasteiger partial charge in [-0.15, -0.1) is 0 Å². The fraction of sp³-hybridized carbons (Fsp3) is 0.792. The van der Waals surface area contributed by atoms with Crippen molar-refractivity contribution in [2.75, 3.05) is 184 Å². The fourth-order valence-corrected chi connectivity index (χ4v) is 8.37. The first-order valence-electron chi connectivity index (χ1n) is 25.2. The van der Waals surface area contributed by atoms with Gasteiger partial charge in [0.1, 0.15) is 18.4 Å². The molecule has 2 aliphatic rings. The third kappa shape index (κ3) is 34.1. The zero-order valence-corrected chi connectivity index (χ0v) is 42.8. The maximum atomic E-state index is 12.1. The van der Waals surface area contributed by atoms with Crippen molar-refractivity contribution in [1.82, 2.24) is 21.3 Å². The molecule has 1 unspecified atom stereocenters. The molecule has 23 nitrogen and oxygen atoms in total. The van der Waals surface area contributed by atoms with Crippen LogP contribution in [0.2, 0.25) is 0 Å². The minimum Gasteiger partial charge on any atom is -0.492 e. The molecule has 72 heavy (non-hydrogen) atoms. The van der Waals surface area contributed by atoms with Gasteiger partial charge in [-0.2, -0.15) is 11.8 Å². The van der Waals surface area contributed by atoms with Crippen molar-refractivity contribution >= 4 is 35.6 Å². The number of benzene rings is 1. The van der Waals surface area contributed by atoms with Crippen LogP contribution in [0, 0.1) is 0 Å². The first-order chi connectivity index (χ1) is 35.3. The van der Waals surface area contributed by atoms with E-state index in [1.807, 2.05) is 11.8 Å². The number of thioether (sulfide) groups is 1. The number of hydrogen-bond acceptors (Lipinski definition) is 19. The topological polar surface area (TPSA) is 283 Å². The van der Waals surface area contributed by atoms with Gasteiger partial charge in [0.05, 0.1) is 177 Å². The van der Waals surface area contributed by atoms with Gasteiger partial charge in [0.2, 0.25) is 11.8 Å². The number of amides is 4. The quantitative estimate of drug-likeness (QED) is 0.0384. The maximum Gasteiger partial charge on any atom is 0.320 e. The molecule has 24 heteroatoms. The van der Waals surface area contributed by atoms with Gasteiger partial charge in [0, 0.05) is 30.4 Å². The molecular formula is C48H83N5O18S. The molecule has 2 saturated heterocycles. The fourth-order valence-electron chi connectivity index (χ4n) is 6.82. The largest absolute Gasteiger partial charge is 0.492 e. The Morgan fingerprint density at radius 2 is 0.958 bits per heavy atom. The van der Waals surface area contributed by atoms with Crippen molar-refractivity contribution in [2.24, 2.45) is 5.73 Å². The molecule has 2 fully saturated rings. The smallest absolute Gasteiger partial charge is 0.320 e. The summed E-state index contributed by atoms with van der Waals surface area (Å²) in [6, 6.07) is 6.44. The van der Waals surface area contributed by atoms with Crippen LogP contribution in [-0.4, -0.2) is 236 Å². The van der Waals surface area contributed by atoms with Gasteiger partial charge in [-0.3, -0.25) is 14.4 Å². The van der Waals surface area contributed by atoms with Gasteiger partial charge in [-0.05, 0) is 37.0 Å². The van der Waals surface area contributed by atoms with Crippen molar-refractivity contribution in [3.05, 3.63) is 29.8 Å². The van der Waals surface area contributed by atoms with Crippen LogP contribution in [0.15, 0.2) is 24.3 Å². The highest BCUT2D eigenvalue weighted by molar-refractivity contribution is 8.00. The summed E-state index contributed by atoms with van der Waals surface area (Å²) < 4.78 is 71.6. The standard InChI is InChI=1S/C48H83N5O18S/c49-41(47(56)57)37-39-5-7-40(8-6-39)71-14-11-51-45(55)9-12-59-15-17-61-19-21-63-23-25-65-27-29-67-31-33-69-35-36-70-34-32-68-30-28-66-26-24-64-22-20-62-18-16-60-13-10-50-44(54)4-2-1-3-43-46-42(38-72-43)52-48(58)53-46/h5-8,41-43,46H,1-4,9-38,49H2,(H,50,54)(H,51,55)(H,56,57)(H2,52,53,58)/t41?,42-,43-,46-/m0/s1. The average Bonchev–Trinajstić information content (AvgIpc) is 3.94. The SMILES string of the molecule is NC(Cc1ccc(OCCNC(=O)CCOCCOCCOCCOCCOCCOCCOCCOCCOCCOCCOCCOCCNC(=O)CCCC[C@@H]2SC[C@@H]3NC(=O)N[C@@H]32)cc1)C(=O)O. The van der Waals surface area contributed by atoms with E-state index in [1.165, 1.54) is 0 Å². The number of nitrogens with two attached hydrogens (primary N) is 1. The molecule has 2 aliphatic heterocycles. The Balaban J connectivity index is 0.888. The minimum atomic E-state index is -1.05. The molecule has 1 aromatic carbocycles. The number of urea groups is 1. The highest BCUT2D eigenvalue weighted by Gasteiger charge is 2.42. The summed E-state index contributed by atoms with van der Waals surface area (Å²) in [7, 11) is 0. The Bertz CT molecular complexity index is 1530. The minimum absolute atomic E-state index is 0.0349. The third-order valence-electron chi connectivity index (χ3n) is 10.6. The second-order valence-electron chi connectivity index (χ2n) is 16.3. The number of carboxylic acid groups (broad SMARTS) is 1. The van der Waals surface area contributed by atoms with Crippen LogP contribution in [-0.2, 0) is 77.6 Å². The van der Waals surface area contributed by atoms with Gasteiger partial charge < -0.3 is 93.7 Å². The first kappa shape index (κ1) is 62.8. The summed E-state index contributed by atoms with van der Waals surface area (Å²) >= 11 is 1.90. The Kier molecular flexibility index (Phi) is 38.3. The van der Waals surface area contributed by atoms with E-state index in [0.717, 1.165) is 30.6 Å². The van der Waals surface area contributed by atoms with E-state index < -0.39 is 12.0 Å². The van der Waals surface area contributed by atoms with Gasteiger partial charge in [-0.25, -0.2) is 4.79 Å². The Morgan fingerprint density at radius 3 is 1.40 bits per heavy atom. The number of fused-ring (bicyclic) bond motifs is 1. The van der Waals surface area contributed by atoms with E-state index in [9.17, 15) is 19.2 Å². The van der Waals surface area contributed by atoms with Crippen LogP contribution in [0.1, 0.15) is 37.7 Å². The lowest BCUT2D eigenvalue weighted by atomic mass is 10.0.